The van der Waals surface area contributed by atoms with Gasteiger partial charge in [0.05, 0.1) is 0 Å². The largest absolute Gasteiger partial charge is 0.396 e. The molecule has 0 aliphatic heterocycles. The quantitative estimate of drug-likeness (QED) is 0.586. The molecule has 0 aliphatic carbocycles. The van der Waals surface area contributed by atoms with Crippen LogP contribution in [-0.4, -0.2) is 11.7 Å². The van der Waals surface area contributed by atoms with Crippen LogP contribution in [0.1, 0.15) is 40.0 Å². The second kappa shape index (κ2) is 5.72. The van der Waals surface area contributed by atoms with Crippen molar-refractivity contribution in [3.63, 3.8) is 0 Å². The molecule has 0 bridgehead atoms. The van der Waals surface area contributed by atoms with Crippen molar-refractivity contribution in [1.29, 1.82) is 0 Å². The van der Waals surface area contributed by atoms with Crippen molar-refractivity contribution in [3.8, 4) is 0 Å². The summed E-state index contributed by atoms with van der Waals surface area (Å²) in [4.78, 5) is 0. The van der Waals surface area contributed by atoms with Crippen LogP contribution in [0.4, 0.5) is 0 Å². The fourth-order valence-electron chi connectivity index (χ4n) is 0.851. The average molecular weight is 143 g/mol. The Morgan fingerprint density at radius 2 is 1.90 bits per heavy atom. The fraction of sp³-hybridized carbons (Fsp3) is 0.889. The maximum Gasteiger partial charge on any atom is 0.0431 e. The van der Waals surface area contributed by atoms with Gasteiger partial charge < -0.3 is 5.11 Å². The molecule has 1 nitrogen and oxygen atoms in total. The molecule has 1 radical (unpaired) electrons. The molecule has 0 aliphatic rings. The Morgan fingerprint density at radius 1 is 1.30 bits per heavy atom. The van der Waals surface area contributed by atoms with Crippen LogP contribution in [0.15, 0.2) is 0 Å². The van der Waals surface area contributed by atoms with Crippen LogP contribution in [0.2, 0.25) is 0 Å². The molecule has 0 amide bonds. The van der Waals surface area contributed by atoms with E-state index in [4.69, 9.17) is 5.11 Å². The van der Waals surface area contributed by atoms with Gasteiger partial charge in [-0.1, -0.05) is 33.6 Å². The van der Waals surface area contributed by atoms with Crippen molar-refractivity contribution in [2.75, 3.05) is 6.61 Å². The minimum absolute atomic E-state index is 0.343. The third-order valence-corrected chi connectivity index (χ3v) is 2.03. The van der Waals surface area contributed by atoms with Crippen LogP contribution in [0.5, 0.6) is 0 Å². The molecule has 0 saturated heterocycles. The van der Waals surface area contributed by atoms with E-state index in [1.807, 2.05) is 0 Å². The van der Waals surface area contributed by atoms with Crippen LogP contribution in [0, 0.1) is 11.8 Å². The molecule has 1 heteroatoms. The van der Waals surface area contributed by atoms with E-state index in [0.717, 1.165) is 18.8 Å². The highest BCUT2D eigenvalue weighted by atomic mass is 16.2. The van der Waals surface area contributed by atoms with Gasteiger partial charge in [-0.15, -0.1) is 0 Å². The summed E-state index contributed by atoms with van der Waals surface area (Å²) in [5, 5.41) is 8.51. The number of aliphatic hydroxyl groups is 1. The molecule has 0 heterocycles. The summed E-state index contributed by atoms with van der Waals surface area (Å²) < 4.78 is 0. The van der Waals surface area contributed by atoms with E-state index in [0.29, 0.717) is 6.61 Å². The van der Waals surface area contributed by atoms with Crippen LogP contribution < -0.4 is 0 Å². The smallest absolute Gasteiger partial charge is 0.0431 e. The summed E-state index contributed by atoms with van der Waals surface area (Å²) in [7, 11) is 0. The molecular weight excluding hydrogens is 124 g/mol. The van der Waals surface area contributed by atoms with E-state index in [-0.39, 0.29) is 0 Å². The van der Waals surface area contributed by atoms with E-state index in [1.54, 1.807) is 0 Å². The van der Waals surface area contributed by atoms with Crippen LogP contribution in [0.3, 0.4) is 0 Å². The Hall–Kier alpha value is -0.0400. The zero-order chi connectivity index (χ0) is 7.98. The third-order valence-electron chi connectivity index (χ3n) is 2.03. The van der Waals surface area contributed by atoms with Crippen molar-refractivity contribution < 1.29 is 5.11 Å². The average Bonchev–Trinajstić information content (AvgIpc) is 1.88. The molecule has 0 spiro atoms. The molecule has 10 heavy (non-hydrogen) atoms. The van der Waals surface area contributed by atoms with E-state index in [2.05, 4.69) is 20.8 Å². The Labute approximate surface area is 64.5 Å². The number of hydrogen-bond acceptors (Lipinski definition) is 1. The number of aliphatic hydroxyl groups excluding tert-OH is 1. The second-order valence-electron chi connectivity index (χ2n) is 3.20. The van der Waals surface area contributed by atoms with Crippen LogP contribution >= 0.6 is 0 Å². The minimum atomic E-state index is 0.343. The first-order chi connectivity index (χ1) is 4.68. The van der Waals surface area contributed by atoms with Gasteiger partial charge in [0.15, 0.2) is 0 Å². The lowest BCUT2D eigenvalue weighted by Crippen LogP contribution is -2.01. The monoisotopic (exact) mass is 143 g/mol. The molecule has 0 aromatic heterocycles. The van der Waals surface area contributed by atoms with Gasteiger partial charge in [0.1, 0.15) is 0 Å². The lowest BCUT2D eigenvalue weighted by atomic mass is 9.93. The zero-order valence-corrected chi connectivity index (χ0v) is 7.35. The molecule has 1 atom stereocenters. The fourth-order valence-corrected chi connectivity index (χ4v) is 0.851. The summed E-state index contributed by atoms with van der Waals surface area (Å²) in [6.45, 7) is 6.93. The molecule has 61 valence electrons. The minimum Gasteiger partial charge on any atom is -0.396 e. The highest BCUT2D eigenvalue weighted by Gasteiger charge is 2.05. The first kappa shape index (κ1) is 9.96. The number of hydrogen-bond donors (Lipinski definition) is 1. The summed E-state index contributed by atoms with van der Waals surface area (Å²) >= 11 is 0. The van der Waals surface area contributed by atoms with E-state index in [9.17, 15) is 0 Å². The predicted octanol–water partition coefficient (Wildman–Crippen LogP) is 2.40. The third kappa shape index (κ3) is 4.80. The van der Waals surface area contributed by atoms with Gasteiger partial charge in [-0.3, -0.25) is 0 Å². The lowest BCUT2D eigenvalue weighted by molar-refractivity contribution is 0.279. The summed E-state index contributed by atoms with van der Waals surface area (Å²) in [6, 6.07) is 0. The van der Waals surface area contributed by atoms with E-state index in [1.165, 1.54) is 12.3 Å². The van der Waals surface area contributed by atoms with E-state index >= 15 is 0 Å². The maximum absolute atomic E-state index is 8.51. The number of unbranched alkanes of at least 4 members (excludes halogenated alkanes) is 1. The first-order valence-corrected chi connectivity index (χ1v) is 4.09. The van der Waals surface area contributed by atoms with Crippen molar-refractivity contribution in [1.82, 2.24) is 0 Å². The van der Waals surface area contributed by atoms with Crippen molar-refractivity contribution in [2.24, 2.45) is 5.92 Å². The van der Waals surface area contributed by atoms with Crippen molar-refractivity contribution in [3.05, 3.63) is 5.92 Å². The van der Waals surface area contributed by atoms with Gasteiger partial charge in [0.25, 0.3) is 0 Å². The summed E-state index contributed by atoms with van der Waals surface area (Å²) in [5.74, 6) is 2.23. The Balaban J connectivity index is 3.13. The van der Waals surface area contributed by atoms with Gasteiger partial charge in [0, 0.05) is 6.61 Å². The van der Waals surface area contributed by atoms with E-state index < -0.39 is 0 Å². The second-order valence-corrected chi connectivity index (χ2v) is 3.20. The van der Waals surface area contributed by atoms with Crippen LogP contribution in [-0.2, 0) is 0 Å². The Bertz CT molecular complexity index is 69.1. The molecule has 0 aromatic rings. The Kier molecular flexibility index (Phi) is 5.70. The molecular formula is C9H19O. The maximum atomic E-state index is 8.51. The molecule has 1 N–H and O–H groups in total. The first-order valence-electron chi connectivity index (χ1n) is 4.09. The van der Waals surface area contributed by atoms with Gasteiger partial charge in [-0.05, 0) is 18.3 Å². The standard InChI is InChI=1S/C9H19O/c1-8(2)9(3)6-4-5-7-10/h9-10H,4-7H2,1-3H3. The molecule has 1 unspecified atom stereocenters. The molecule has 0 aromatic carbocycles. The highest BCUT2D eigenvalue weighted by Crippen LogP contribution is 2.18. The number of rotatable bonds is 5. The van der Waals surface area contributed by atoms with Crippen molar-refractivity contribution in [2.45, 2.75) is 40.0 Å². The van der Waals surface area contributed by atoms with Crippen LogP contribution in [0.25, 0.3) is 0 Å². The highest BCUT2D eigenvalue weighted by molar-refractivity contribution is 4.83. The molecule has 0 fully saturated rings. The van der Waals surface area contributed by atoms with Crippen molar-refractivity contribution >= 4 is 0 Å². The van der Waals surface area contributed by atoms with Gasteiger partial charge in [-0.2, -0.15) is 0 Å². The normalized spacial score (nSPS) is 14.1. The molecule has 0 rings (SSSR count). The lowest BCUT2D eigenvalue weighted by Gasteiger charge is -2.13. The summed E-state index contributed by atoms with van der Waals surface area (Å²) in [6.07, 6.45) is 3.34. The van der Waals surface area contributed by atoms with Gasteiger partial charge >= 0.3 is 0 Å². The molecule has 0 saturated carbocycles. The summed E-state index contributed by atoms with van der Waals surface area (Å²) in [5.41, 5.74) is 0. The van der Waals surface area contributed by atoms with Gasteiger partial charge in [-0.25, -0.2) is 0 Å². The SMILES string of the molecule is C[C](C)C(C)CCCCO. The topological polar surface area (TPSA) is 20.2 Å². The van der Waals surface area contributed by atoms with Gasteiger partial charge in [0.2, 0.25) is 0 Å². The zero-order valence-electron chi connectivity index (χ0n) is 7.35. The Morgan fingerprint density at radius 3 is 2.30 bits per heavy atom. The predicted molar refractivity (Wildman–Crippen MR) is 44.7 cm³/mol.